The molecule has 1 unspecified atom stereocenters. The SMILES string of the molecule is CC1(O)NC(Cl)=NC=C1N. The number of halogens is 1. The van der Waals surface area contributed by atoms with Crippen LogP contribution in [0, 0.1) is 0 Å². The molecular weight excluding hydrogens is 154 g/mol. The molecule has 0 spiro atoms. The molecule has 56 valence electrons. The van der Waals surface area contributed by atoms with Crippen LogP contribution in [-0.4, -0.2) is 16.1 Å². The molecule has 4 nitrogen and oxygen atoms in total. The van der Waals surface area contributed by atoms with E-state index in [9.17, 15) is 5.11 Å². The molecule has 0 saturated carbocycles. The number of hydrogen-bond acceptors (Lipinski definition) is 4. The van der Waals surface area contributed by atoms with Gasteiger partial charge in [0.1, 0.15) is 0 Å². The molecule has 5 heteroatoms. The smallest absolute Gasteiger partial charge is 0.198 e. The van der Waals surface area contributed by atoms with Gasteiger partial charge in [-0.05, 0) is 18.5 Å². The van der Waals surface area contributed by atoms with Crippen molar-refractivity contribution in [1.29, 1.82) is 0 Å². The summed E-state index contributed by atoms with van der Waals surface area (Å²) in [6.45, 7) is 1.50. The predicted molar refractivity (Wildman–Crippen MR) is 39.3 cm³/mol. The average Bonchev–Trinajstić information content (AvgIpc) is 1.78. The molecule has 1 aliphatic rings. The Hall–Kier alpha value is -0.740. The van der Waals surface area contributed by atoms with Gasteiger partial charge < -0.3 is 16.2 Å². The van der Waals surface area contributed by atoms with Gasteiger partial charge in [-0.1, -0.05) is 0 Å². The maximum absolute atomic E-state index is 9.34. The summed E-state index contributed by atoms with van der Waals surface area (Å²) in [7, 11) is 0. The van der Waals surface area contributed by atoms with Crippen LogP contribution < -0.4 is 11.1 Å². The van der Waals surface area contributed by atoms with E-state index in [1.54, 1.807) is 0 Å². The first-order valence-corrected chi connectivity index (χ1v) is 3.10. The minimum absolute atomic E-state index is 0.138. The summed E-state index contributed by atoms with van der Waals surface area (Å²) in [4.78, 5) is 3.63. The van der Waals surface area contributed by atoms with Crippen LogP contribution in [0.15, 0.2) is 16.9 Å². The van der Waals surface area contributed by atoms with E-state index in [0.717, 1.165) is 0 Å². The number of amidine groups is 1. The second kappa shape index (κ2) is 2.14. The van der Waals surface area contributed by atoms with Crippen molar-refractivity contribution in [2.75, 3.05) is 0 Å². The van der Waals surface area contributed by atoms with Gasteiger partial charge in [-0.15, -0.1) is 0 Å². The second-order valence-electron chi connectivity index (χ2n) is 2.20. The number of nitrogens with zero attached hydrogens (tertiary/aromatic N) is 1. The van der Waals surface area contributed by atoms with E-state index in [0.29, 0.717) is 0 Å². The van der Waals surface area contributed by atoms with Crippen LogP contribution in [0.25, 0.3) is 0 Å². The zero-order valence-corrected chi connectivity index (χ0v) is 6.18. The highest BCUT2D eigenvalue weighted by atomic mass is 35.5. The van der Waals surface area contributed by atoms with Crippen molar-refractivity contribution in [3.8, 4) is 0 Å². The van der Waals surface area contributed by atoms with Gasteiger partial charge in [0.15, 0.2) is 11.0 Å². The van der Waals surface area contributed by atoms with E-state index in [4.69, 9.17) is 17.3 Å². The first-order chi connectivity index (χ1) is 4.52. The van der Waals surface area contributed by atoms with Crippen molar-refractivity contribution in [3.05, 3.63) is 11.9 Å². The summed E-state index contributed by atoms with van der Waals surface area (Å²) in [5.41, 5.74) is 4.34. The van der Waals surface area contributed by atoms with Crippen LogP contribution in [0.1, 0.15) is 6.92 Å². The highest BCUT2D eigenvalue weighted by Crippen LogP contribution is 2.12. The first kappa shape index (κ1) is 7.37. The highest BCUT2D eigenvalue weighted by Gasteiger charge is 2.26. The van der Waals surface area contributed by atoms with E-state index >= 15 is 0 Å². The summed E-state index contributed by atoms with van der Waals surface area (Å²) in [6.07, 6.45) is 1.32. The van der Waals surface area contributed by atoms with Gasteiger partial charge in [-0.2, -0.15) is 0 Å². The van der Waals surface area contributed by atoms with Crippen molar-refractivity contribution >= 4 is 16.9 Å². The first-order valence-electron chi connectivity index (χ1n) is 2.72. The number of rotatable bonds is 0. The Balaban J connectivity index is 2.89. The Labute approximate surface area is 63.4 Å². The third-order valence-electron chi connectivity index (χ3n) is 1.23. The molecule has 1 heterocycles. The molecule has 0 aromatic heterocycles. The Kier molecular flexibility index (Phi) is 1.58. The Morgan fingerprint density at radius 2 is 2.50 bits per heavy atom. The lowest BCUT2D eigenvalue weighted by atomic mass is 10.2. The normalized spacial score (nSPS) is 32.3. The number of hydrogen-bond donors (Lipinski definition) is 3. The molecule has 1 rings (SSSR count). The third-order valence-corrected chi connectivity index (χ3v) is 1.42. The quantitative estimate of drug-likeness (QED) is 0.427. The second-order valence-corrected chi connectivity index (χ2v) is 2.56. The van der Waals surface area contributed by atoms with Crippen molar-refractivity contribution in [2.24, 2.45) is 10.7 Å². The van der Waals surface area contributed by atoms with Gasteiger partial charge in [-0.3, -0.25) is 0 Å². The molecule has 0 saturated heterocycles. The fourth-order valence-corrected chi connectivity index (χ4v) is 0.790. The van der Waals surface area contributed by atoms with Gasteiger partial charge in [-0.25, -0.2) is 4.99 Å². The van der Waals surface area contributed by atoms with E-state index in [2.05, 4.69) is 10.3 Å². The van der Waals surface area contributed by atoms with E-state index in [1.165, 1.54) is 13.1 Å². The fraction of sp³-hybridized carbons (Fsp3) is 0.400. The Bertz CT molecular complexity index is 209. The molecule has 4 N–H and O–H groups in total. The maximum Gasteiger partial charge on any atom is 0.198 e. The zero-order valence-electron chi connectivity index (χ0n) is 5.43. The third kappa shape index (κ3) is 1.22. The van der Waals surface area contributed by atoms with Gasteiger partial charge in [0.25, 0.3) is 0 Å². The lowest BCUT2D eigenvalue weighted by Gasteiger charge is -2.27. The largest absolute Gasteiger partial charge is 0.397 e. The highest BCUT2D eigenvalue weighted by molar-refractivity contribution is 6.64. The van der Waals surface area contributed by atoms with Gasteiger partial charge in [0, 0.05) is 0 Å². The molecule has 0 fully saturated rings. The molecule has 1 aliphatic heterocycles. The number of aliphatic imine (C=N–C) groups is 1. The number of nitrogens with one attached hydrogen (secondary N) is 1. The van der Waals surface area contributed by atoms with Crippen LogP contribution in [0.5, 0.6) is 0 Å². The van der Waals surface area contributed by atoms with Crippen molar-refractivity contribution in [3.63, 3.8) is 0 Å². The Morgan fingerprint density at radius 3 is 2.90 bits per heavy atom. The molecule has 0 aromatic carbocycles. The Morgan fingerprint density at radius 1 is 1.90 bits per heavy atom. The fourth-order valence-electron chi connectivity index (χ4n) is 0.557. The minimum Gasteiger partial charge on any atom is -0.397 e. The summed E-state index contributed by atoms with van der Waals surface area (Å²) < 4.78 is 0. The molecule has 0 radical (unpaired) electrons. The topological polar surface area (TPSA) is 70.6 Å². The molecule has 0 bridgehead atoms. The standard InChI is InChI=1S/C5H8ClN3O/c1-5(10)3(7)2-8-4(6)9-5/h2,10H,7H2,1H3,(H,8,9). The van der Waals surface area contributed by atoms with Gasteiger partial charge in [0.05, 0.1) is 11.9 Å². The molecule has 10 heavy (non-hydrogen) atoms. The number of nitrogens with two attached hydrogens (primary N) is 1. The zero-order chi connectivity index (χ0) is 7.78. The van der Waals surface area contributed by atoms with Crippen molar-refractivity contribution in [2.45, 2.75) is 12.6 Å². The molecule has 0 aliphatic carbocycles. The monoisotopic (exact) mass is 161 g/mol. The van der Waals surface area contributed by atoms with E-state index in [1.807, 2.05) is 0 Å². The predicted octanol–water partition coefficient (Wildman–Crippen LogP) is -0.307. The van der Waals surface area contributed by atoms with Crippen molar-refractivity contribution < 1.29 is 5.11 Å². The molecule has 1 atom stereocenters. The van der Waals surface area contributed by atoms with Crippen LogP contribution in [0.2, 0.25) is 0 Å². The molecule has 0 amide bonds. The van der Waals surface area contributed by atoms with Crippen LogP contribution in [-0.2, 0) is 0 Å². The lowest BCUT2D eigenvalue weighted by molar-refractivity contribution is 0.0804. The number of aliphatic hydroxyl groups is 1. The van der Waals surface area contributed by atoms with Gasteiger partial charge in [0.2, 0.25) is 0 Å². The average molecular weight is 162 g/mol. The van der Waals surface area contributed by atoms with E-state index in [-0.39, 0.29) is 11.0 Å². The van der Waals surface area contributed by atoms with Crippen LogP contribution in [0.3, 0.4) is 0 Å². The maximum atomic E-state index is 9.34. The summed E-state index contributed by atoms with van der Waals surface area (Å²) in [5.74, 6) is 0. The van der Waals surface area contributed by atoms with Gasteiger partial charge >= 0.3 is 0 Å². The summed E-state index contributed by atoms with van der Waals surface area (Å²) in [5, 5.41) is 12.0. The molecule has 0 aromatic rings. The minimum atomic E-state index is -1.27. The van der Waals surface area contributed by atoms with Crippen molar-refractivity contribution in [1.82, 2.24) is 5.32 Å². The summed E-state index contributed by atoms with van der Waals surface area (Å²) >= 11 is 5.45. The molecular formula is C5H8ClN3O. The summed E-state index contributed by atoms with van der Waals surface area (Å²) in [6, 6.07) is 0. The lowest BCUT2D eigenvalue weighted by Crippen LogP contribution is -2.49. The van der Waals surface area contributed by atoms with Crippen LogP contribution in [0.4, 0.5) is 0 Å². The van der Waals surface area contributed by atoms with Crippen LogP contribution >= 0.6 is 11.6 Å². The van der Waals surface area contributed by atoms with E-state index < -0.39 is 5.72 Å².